The zero-order chi connectivity index (χ0) is 51.3. The van der Waals surface area contributed by atoms with E-state index in [9.17, 15) is 15.0 Å². The summed E-state index contributed by atoms with van der Waals surface area (Å²) >= 11 is 0. The maximum atomic E-state index is 12.5. The molecule has 2 unspecified atom stereocenters. The summed E-state index contributed by atoms with van der Waals surface area (Å²) in [7, 11) is 0. The van der Waals surface area contributed by atoms with Crippen LogP contribution in [0.25, 0.3) is 0 Å². The Kier molecular flexibility index (Phi) is 61.7. The number of rotatable bonds is 61. The minimum Gasteiger partial charge on any atom is -0.394 e. The number of aliphatic hydroxyl groups is 2. The van der Waals surface area contributed by atoms with Crippen molar-refractivity contribution in [3.8, 4) is 0 Å². The first-order chi connectivity index (χ1) is 35.2. The van der Waals surface area contributed by atoms with Crippen LogP contribution in [0.4, 0.5) is 0 Å². The third-order valence-corrected chi connectivity index (χ3v) is 15.4. The van der Waals surface area contributed by atoms with Crippen LogP contribution in [0.5, 0.6) is 0 Å². The van der Waals surface area contributed by atoms with Gasteiger partial charge in [-0.05, 0) is 51.4 Å². The summed E-state index contributed by atoms with van der Waals surface area (Å²) in [5.74, 6) is -0.0263. The summed E-state index contributed by atoms with van der Waals surface area (Å²) in [5.41, 5.74) is 0. The molecule has 0 saturated carbocycles. The van der Waals surface area contributed by atoms with Crippen molar-refractivity contribution in [3.63, 3.8) is 0 Å². The quantitative estimate of drug-likeness (QED) is 0.0420. The van der Waals surface area contributed by atoms with E-state index in [1.54, 1.807) is 0 Å². The molecular formula is C67H129NO3. The van der Waals surface area contributed by atoms with E-state index in [-0.39, 0.29) is 12.5 Å². The molecule has 0 heterocycles. The molecule has 0 aromatic carbocycles. The lowest BCUT2D eigenvalue weighted by molar-refractivity contribution is -0.123. The van der Waals surface area contributed by atoms with Crippen molar-refractivity contribution < 1.29 is 15.0 Å². The number of unbranched alkanes of at least 4 members (excludes halogenated alkanes) is 48. The normalized spacial score (nSPS) is 12.9. The van der Waals surface area contributed by atoms with Crippen molar-refractivity contribution in [2.24, 2.45) is 0 Å². The van der Waals surface area contributed by atoms with Gasteiger partial charge in [0.1, 0.15) is 0 Å². The van der Waals surface area contributed by atoms with Crippen molar-refractivity contribution in [2.45, 2.75) is 379 Å². The predicted molar refractivity (Wildman–Crippen MR) is 318 cm³/mol. The molecule has 3 N–H and O–H groups in total. The van der Waals surface area contributed by atoms with Crippen LogP contribution in [-0.4, -0.2) is 34.9 Å². The first-order valence-electron chi connectivity index (χ1n) is 32.7. The summed E-state index contributed by atoms with van der Waals surface area (Å²) in [5, 5.41) is 23.4. The van der Waals surface area contributed by atoms with E-state index in [0.717, 1.165) is 38.5 Å². The standard InChI is InChI=1S/C67H129NO3/c1-3-5-7-9-11-13-15-17-19-21-23-25-27-29-31-33-35-36-38-40-42-44-46-48-50-52-54-56-58-60-62-66(70)65(64-69)68-67(71)63-61-59-57-55-53-51-49-47-45-43-41-39-37-34-32-30-28-26-24-22-20-18-16-14-12-10-8-6-4-2/h16,18,22,24,28,30,65-66,69-70H,3-15,17,19-21,23,25-27,29,31-64H2,1-2H3,(H,68,71)/b18-16-,24-22-,30-28-. The van der Waals surface area contributed by atoms with Crippen LogP contribution in [-0.2, 0) is 4.79 Å². The smallest absolute Gasteiger partial charge is 0.220 e. The minimum atomic E-state index is -0.661. The Morgan fingerprint density at radius 1 is 0.338 bits per heavy atom. The second-order valence-corrected chi connectivity index (χ2v) is 22.5. The van der Waals surface area contributed by atoms with Gasteiger partial charge in [0.05, 0.1) is 18.8 Å². The Hall–Kier alpha value is -1.39. The molecule has 4 nitrogen and oxygen atoms in total. The molecule has 0 saturated heterocycles. The van der Waals surface area contributed by atoms with Crippen molar-refractivity contribution in [2.75, 3.05) is 6.61 Å². The zero-order valence-corrected chi connectivity index (χ0v) is 48.5. The molecule has 0 aromatic rings. The Morgan fingerprint density at radius 3 is 0.859 bits per heavy atom. The van der Waals surface area contributed by atoms with E-state index < -0.39 is 12.1 Å². The molecule has 4 heteroatoms. The van der Waals surface area contributed by atoms with E-state index >= 15 is 0 Å². The molecule has 0 aliphatic heterocycles. The number of amides is 1. The molecule has 0 aliphatic carbocycles. The number of allylic oxidation sites excluding steroid dienone is 6. The molecule has 71 heavy (non-hydrogen) atoms. The Bertz CT molecular complexity index is 1080. The van der Waals surface area contributed by atoms with Crippen molar-refractivity contribution >= 4 is 5.91 Å². The van der Waals surface area contributed by atoms with Gasteiger partial charge in [-0.25, -0.2) is 0 Å². The molecular weight excluding hydrogens is 867 g/mol. The van der Waals surface area contributed by atoms with Gasteiger partial charge in [0.2, 0.25) is 5.91 Å². The molecule has 0 bridgehead atoms. The van der Waals surface area contributed by atoms with Gasteiger partial charge in [0.25, 0.3) is 0 Å². The fraction of sp³-hybridized carbons (Fsp3) is 0.896. The van der Waals surface area contributed by atoms with Crippen molar-refractivity contribution in [1.29, 1.82) is 0 Å². The second-order valence-electron chi connectivity index (χ2n) is 22.5. The van der Waals surface area contributed by atoms with E-state index in [0.29, 0.717) is 12.8 Å². The van der Waals surface area contributed by atoms with Crippen LogP contribution in [0.15, 0.2) is 36.5 Å². The average Bonchev–Trinajstić information content (AvgIpc) is 3.37. The summed E-state index contributed by atoms with van der Waals surface area (Å²) in [6, 6.07) is -0.538. The van der Waals surface area contributed by atoms with E-state index in [2.05, 4.69) is 55.6 Å². The molecule has 420 valence electrons. The lowest BCUT2D eigenvalue weighted by atomic mass is 10.0. The van der Waals surface area contributed by atoms with Crippen LogP contribution >= 0.6 is 0 Å². The molecule has 0 radical (unpaired) electrons. The molecule has 0 aromatic heterocycles. The highest BCUT2D eigenvalue weighted by atomic mass is 16.3. The Balaban J connectivity index is 3.42. The average molecular weight is 997 g/mol. The SMILES string of the molecule is CCCCCCC/C=C\C/C=C\C/C=C\CCCCCCCCCCCCCCCCC(=O)NC(CO)C(O)CCCCCCCCCCCCCCCCCCCCCCCCCCCCCCCC. The third-order valence-electron chi connectivity index (χ3n) is 15.4. The third kappa shape index (κ3) is 59.4. The van der Waals surface area contributed by atoms with Gasteiger partial charge in [-0.2, -0.15) is 0 Å². The molecule has 2 atom stereocenters. The van der Waals surface area contributed by atoms with Gasteiger partial charge in [0.15, 0.2) is 0 Å². The fourth-order valence-electron chi connectivity index (χ4n) is 10.4. The number of nitrogens with one attached hydrogen (secondary N) is 1. The van der Waals surface area contributed by atoms with E-state index in [1.165, 1.54) is 302 Å². The summed E-state index contributed by atoms with van der Waals surface area (Å²) in [6.07, 6.45) is 86.0. The van der Waals surface area contributed by atoms with Gasteiger partial charge in [-0.3, -0.25) is 4.79 Å². The second kappa shape index (κ2) is 62.9. The maximum Gasteiger partial charge on any atom is 0.220 e. The Labute approximate surface area is 446 Å². The van der Waals surface area contributed by atoms with Crippen LogP contribution in [0.2, 0.25) is 0 Å². The highest BCUT2D eigenvalue weighted by Gasteiger charge is 2.20. The van der Waals surface area contributed by atoms with Crippen LogP contribution in [0.1, 0.15) is 367 Å². The lowest BCUT2D eigenvalue weighted by Crippen LogP contribution is -2.45. The highest BCUT2D eigenvalue weighted by Crippen LogP contribution is 2.19. The number of hydrogen-bond donors (Lipinski definition) is 3. The fourth-order valence-corrected chi connectivity index (χ4v) is 10.4. The van der Waals surface area contributed by atoms with Crippen LogP contribution in [0, 0.1) is 0 Å². The number of carbonyl (C=O) groups excluding carboxylic acids is 1. The first-order valence-corrected chi connectivity index (χ1v) is 32.7. The molecule has 0 rings (SSSR count). The van der Waals surface area contributed by atoms with Gasteiger partial charge >= 0.3 is 0 Å². The summed E-state index contributed by atoms with van der Waals surface area (Å²) in [4.78, 5) is 12.5. The largest absolute Gasteiger partial charge is 0.394 e. The van der Waals surface area contributed by atoms with Crippen LogP contribution < -0.4 is 5.32 Å². The lowest BCUT2D eigenvalue weighted by Gasteiger charge is -2.22. The molecule has 1 amide bonds. The molecule has 0 spiro atoms. The van der Waals surface area contributed by atoms with Crippen molar-refractivity contribution in [1.82, 2.24) is 5.32 Å². The van der Waals surface area contributed by atoms with Gasteiger partial charge in [-0.15, -0.1) is 0 Å². The van der Waals surface area contributed by atoms with Gasteiger partial charge < -0.3 is 15.5 Å². The molecule has 0 aliphatic rings. The first kappa shape index (κ1) is 69.6. The number of carbonyl (C=O) groups is 1. The summed E-state index contributed by atoms with van der Waals surface area (Å²) < 4.78 is 0. The monoisotopic (exact) mass is 996 g/mol. The minimum absolute atomic E-state index is 0.0263. The topological polar surface area (TPSA) is 69.6 Å². The number of hydrogen-bond acceptors (Lipinski definition) is 3. The number of aliphatic hydroxyl groups excluding tert-OH is 2. The van der Waals surface area contributed by atoms with Crippen LogP contribution in [0.3, 0.4) is 0 Å². The Morgan fingerprint density at radius 2 is 0.577 bits per heavy atom. The predicted octanol–water partition coefficient (Wildman–Crippen LogP) is 22.0. The van der Waals surface area contributed by atoms with Gasteiger partial charge in [0, 0.05) is 6.42 Å². The maximum absolute atomic E-state index is 12.5. The zero-order valence-electron chi connectivity index (χ0n) is 48.5. The highest BCUT2D eigenvalue weighted by molar-refractivity contribution is 5.76. The van der Waals surface area contributed by atoms with Gasteiger partial charge in [-0.1, -0.05) is 346 Å². The summed E-state index contributed by atoms with van der Waals surface area (Å²) in [6.45, 7) is 4.39. The van der Waals surface area contributed by atoms with E-state index in [4.69, 9.17) is 0 Å². The van der Waals surface area contributed by atoms with E-state index in [1.807, 2.05) is 0 Å². The molecule has 0 fully saturated rings. The van der Waals surface area contributed by atoms with Crippen molar-refractivity contribution in [3.05, 3.63) is 36.5 Å².